The summed E-state index contributed by atoms with van der Waals surface area (Å²) in [6, 6.07) is 13.1. The van der Waals surface area contributed by atoms with Crippen molar-refractivity contribution in [2.75, 3.05) is 20.8 Å². The lowest BCUT2D eigenvalue weighted by molar-refractivity contribution is -0.118. The predicted octanol–water partition coefficient (Wildman–Crippen LogP) is 2.24. The minimum atomic E-state index is -0.574. The van der Waals surface area contributed by atoms with Crippen molar-refractivity contribution in [1.29, 1.82) is 0 Å². The van der Waals surface area contributed by atoms with Crippen LogP contribution < -0.4 is 20.8 Å². The molecule has 0 saturated carbocycles. The molecule has 0 unspecified atom stereocenters. The van der Waals surface area contributed by atoms with Gasteiger partial charge in [0.15, 0.2) is 0 Å². The molecule has 0 spiro atoms. The first kappa shape index (κ1) is 20.9. The van der Waals surface area contributed by atoms with Crippen molar-refractivity contribution in [1.82, 2.24) is 14.5 Å². The highest BCUT2D eigenvalue weighted by atomic mass is 16.5. The maximum Gasteiger partial charge on any atom is 0.261 e. The molecule has 1 atom stereocenters. The van der Waals surface area contributed by atoms with Crippen LogP contribution in [0.15, 0.2) is 47.3 Å². The number of methoxy groups -OCH3 is 2. The molecule has 1 aliphatic rings. The maximum absolute atomic E-state index is 13.0. The topological polar surface area (TPSA) is 99.7 Å². The largest absolute Gasteiger partial charge is 0.497 e. The number of nitrogens with zero attached hydrogens (tertiary/aromatic N) is 3. The highest BCUT2D eigenvalue weighted by Crippen LogP contribution is 2.39. The lowest BCUT2D eigenvalue weighted by Gasteiger charge is -2.27. The molecular weight excluding hydrogens is 396 g/mol. The van der Waals surface area contributed by atoms with Crippen LogP contribution in [0.1, 0.15) is 30.3 Å². The van der Waals surface area contributed by atoms with E-state index in [4.69, 9.17) is 20.2 Å². The number of amides is 1. The van der Waals surface area contributed by atoms with Crippen LogP contribution in [-0.2, 0) is 17.9 Å². The first-order chi connectivity index (χ1) is 15.0. The van der Waals surface area contributed by atoms with Crippen molar-refractivity contribution in [2.24, 2.45) is 5.73 Å². The Kier molecular flexibility index (Phi) is 5.90. The van der Waals surface area contributed by atoms with Crippen molar-refractivity contribution in [2.45, 2.75) is 32.0 Å². The molecule has 3 aromatic rings. The Labute approximate surface area is 180 Å². The highest BCUT2D eigenvalue weighted by Gasteiger charge is 2.30. The molecule has 1 amide bonds. The van der Waals surface area contributed by atoms with Gasteiger partial charge >= 0.3 is 0 Å². The van der Waals surface area contributed by atoms with Crippen LogP contribution in [0.5, 0.6) is 11.5 Å². The molecule has 1 fully saturated rings. The van der Waals surface area contributed by atoms with E-state index in [-0.39, 0.29) is 18.1 Å². The number of nitrogens with two attached hydrogens (primary N) is 1. The van der Waals surface area contributed by atoms with Gasteiger partial charge < -0.3 is 15.2 Å². The SMILES string of the molecule is COc1ccc([C@@H]2CCCN2Cc2nc3ccccc3c(=O)n2CC(N)=O)c(OC)c1. The van der Waals surface area contributed by atoms with E-state index in [0.717, 1.165) is 36.4 Å². The minimum absolute atomic E-state index is 0.103. The van der Waals surface area contributed by atoms with Crippen LogP contribution in [0, 0.1) is 0 Å². The average Bonchev–Trinajstić information content (AvgIpc) is 3.23. The monoisotopic (exact) mass is 422 g/mol. The number of hydrogen-bond acceptors (Lipinski definition) is 6. The summed E-state index contributed by atoms with van der Waals surface area (Å²) in [4.78, 5) is 31.7. The fraction of sp³-hybridized carbons (Fsp3) is 0.348. The minimum Gasteiger partial charge on any atom is -0.497 e. The summed E-state index contributed by atoms with van der Waals surface area (Å²) in [5.41, 5.74) is 6.85. The van der Waals surface area contributed by atoms with Crippen molar-refractivity contribution in [3.05, 3.63) is 64.2 Å². The Morgan fingerprint density at radius 3 is 2.74 bits per heavy atom. The van der Waals surface area contributed by atoms with Crippen LogP contribution in [0.3, 0.4) is 0 Å². The number of benzene rings is 2. The molecule has 2 heterocycles. The third-order valence-corrected chi connectivity index (χ3v) is 5.76. The third-order valence-electron chi connectivity index (χ3n) is 5.76. The van der Waals surface area contributed by atoms with Gasteiger partial charge in [0.05, 0.1) is 31.7 Å². The lowest BCUT2D eigenvalue weighted by atomic mass is 10.0. The number of aromatic nitrogens is 2. The normalized spacial score (nSPS) is 16.5. The third kappa shape index (κ3) is 4.11. The number of para-hydroxylation sites is 1. The second-order valence-corrected chi connectivity index (χ2v) is 7.64. The molecule has 1 saturated heterocycles. The van der Waals surface area contributed by atoms with Crippen LogP contribution in [0.4, 0.5) is 0 Å². The van der Waals surface area contributed by atoms with E-state index in [2.05, 4.69) is 4.90 Å². The van der Waals surface area contributed by atoms with Crippen molar-refractivity contribution >= 4 is 16.8 Å². The predicted molar refractivity (Wildman–Crippen MR) is 117 cm³/mol. The molecule has 8 heteroatoms. The van der Waals surface area contributed by atoms with Gasteiger partial charge in [-0.05, 0) is 37.6 Å². The molecular formula is C23H26N4O4. The number of carbonyl (C=O) groups excluding carboxylic acids is 1. The summed E-state index contributed by atoms with van der Waals surface area (Å²) >= 11 is 0. The van der Waals surface area contributed by atoms with Gasteiger partial charge in [-0.1, -0.05) is 18.2 Å². The van der Waals surface area contributed by atoms with Crippen LogP contribution in [0.2, 0.25) is 0 Å². The molecule has 1 aliphatic heterocycles. The van der Waals surface area contributed by atoms with E-state index < -0.39 is 5.91 Å². The fourth-order valence-electron chi connectivity index (χ4n) is 4.30. The number of carbonyl (C=O) groups is 1. The maximum atomic E-state index is 13.0. The molecule has 1 aromatic heterocycles. The highest BCUT2D eigenvalue weighted by molar-refractivity contribution is 5.78. The zero-order valence-corrected chi connectivity index (χ0v) is 17.7. The van der Waals surface area contributed by atoms with Gasteiger partial charge in [0.25, 0.3) is 5.56 Å². The van der Waals surface area contributed by atoms with Crippen molar-refractivity contribution in [3.8, 4) is 11.5 Å². The lowest BCUT2D eigenvalue weighted by Crippen LogP contribution is -2.34. The Bertz CT molecular complexity index is 1170. The van der Waals surface area contributed by atoms with Crippen LogP contribution >= 0.6 is 0 Å². The summed E-state index contributed by atoms with van der Waals surface area (Å²) in [7, 11) is 3.27. The van der Waals surface area contributed by atoms with E-state index in [1.54, 1.807) is 26.4 Å². The number of fused-ring (bicyclic) bond motifs is 1. The smallest absolute Gasteiger partial charge is 0.261 e. The van der Waals surface area contributed by atoms with Crippen LogP contribution in [0.25, 0.3) is 10.9 Å². The number of likely N-dealkylation sites (tertiary alicyclic amines) is 1. The molecule has 8 nitrogen and oxygen atoms in total. The summed E-state index contributed by atoms with van der Waals surface area (Å²) < 4.78 is 12.3. The zero-order chi connectivity index (χ0) is 22.0. The number of ether oxygens (including phenoxy) is 2. The molecule has 2 aromatic carbocycles. The molecule has 0 bridgehead atoms. The molecule has 0 aliphatic carbocycles. The van der Waals surface area contributed by atoms with E-state index in [1.807, 2.05) is 30.3 Å². The number of hydrogen-bond donors (Lipinski definition) is 1. The second kappa shape index (κ2) is 8.77. The van der Waals surface area contributed by atoms with Gasteiger partial charge in [-0.15, -0.1) is 0 Å². The van der Waals surface area contributed by atoms with Gasteiger partial charge in [-0.2, -0.15) is 0 Å². The summed E-state index contributed by atoms with van der Waals surface area (Å²) in [6.07, 6.45) is 1.96. The standard InChI is InChI=1S/C23H26N4O4/c1-30-15-9-10-17(20(12-15)31-2)19-8-5-11-26(19)14-22-25-18-7-4-3-6-16(18)23(29)27(22)13-21(24)28/h3-4,6-7,9-10,12,19H,5,8,11,13-14H2,1-2H3,(H2,24,28)/t19-/m0/s1. The molecule has 162 valence electrons. The first-order valence-corrected chi connectivity index (χ1v) is 10.2. The van der Waals surface area contributed by atoms with Gasteiger partial charge in [0, 0.05) is 17.7 Å². The Morgan fingerprint density at radius 1 is 1.19 bits per heavy atom. The first-order valence-electron chi connectivity index (χ1n) is 10.2. The van der Waals surface area contributed by atoms with E-state index in [9.17, 15) is 9.59 Å². The molecule has 4 rings (SSSR count). The van der Waals surface area contributed by atoms with Gasteiger partial charge in [0.2, 0.25) is 5.91 Å². The summed E-state index contributed by atoms with van der Waals surface area (Å²) in [6.45, 7) is 1.07. The molecule has 2 N–H and O–H groups in total. The second-order valence-electron chi connectivity index (χ2n) is 7.64. The Hall–Kier alpha value is -3.39. The van der Waals surface area contributed by atoms with E-state index in [0.29, 0.717) is 23.3 Å². The zero-order valence-electron chi connectivity index (χ0n) is 17.7. The van der Waals surface area contributed by atoms with E-state index >= 15 is 0 Å². The summed E-state index contributed by atoms with van der Waals surface area (Å²) in [5, 5.41) is 0.474. The summed E-state index contributed by atoms with van der Waals surface area (Å²) in [5.74, 6) is 1.45. The quantitative estimate of drug-likeness (QED) is 0.627. The van der Waals surface area contributed by atoms with Gasteiger partial charge in [-0.3, -0.25) is 19.1 Å². The molecule has 31 heavy (non-hydrogen) atoms. The Morgan fingerprint density at radius 2 is 2.00 bits per heavy atom. The van der Waals surface area contributed by atoms with Gasteiger partial charge in [-0.25, -0.2) is 4.98 Å². The van der Waals surface area contributed by atoms with Crippen molar-refractivity contribution < 1.29 is 14.3 Å². The number of rotatable bonds is 7. The average molecular weight is 422 g/mol. The Balaban J connectivity index is 1.73. The van der Waals surface area contributed by atoms with E-state index in [1.165, 1.54) is 4.57 Å². The number of primary amides is 1. The van der Waals surface area contributed by atoms with Crippen molar-refractivity contribution in [3.63, 3.8) is 0 Å². The molecule has 0 radical (unpaired) electrons. The fourth-order valence-corrected chi connectivity index (χ4v) is 4.30. The van der Waals surface area contributed by atoms with Gasteiger partial charge in [0.1, 0.15) is 23.9 Å². The van der Waals surface area contributed by atoms with Crippen LogP contribution in [-0.4, -0.2) is 41.1 Å².